The van der Waals surface area contributed by atoms with E-state index < -0.39 is 0 Å². The van der Waals surface area contributed by atoms with Gasteiger partial charge < -0.3 is 14.9 Å². The highest BCUT2D eigenvalue weighted by Crippen LogP contribution is 2.70. The van der Waals surface area contributed by atoms with Crippen molar-refractivity contribution in [2.24, 2.45) is 28.6 Å². The maximum absolute atomic E-state index is 10.1. The van der Waals surface area contributed by atoms with Crippen LogP contribution in [0.15, 0.2) is 11.6 Å². The van der Waals surface area contributed by atoms with E-state index in [2.05, 4.69) is 19.9 Å². The van der Waals surface area contributed by atoms with E-state index in [1.165, 1.54) is 38.5 Å². The third-order valence-electron chi connectivity index (χ3n) is 9.52. The Morgan fingerprint density at radius 3 is 2.64 bits per heavy atom. The van der Waals surface area contributed by atoms with Crippen molar-refractivity contribution >= 4 is 0 Å². The van der Waals surface area contributed by atoms with E-state index in [1.54, 1.807) is 5.57 Å². The zero-order valence-electron chi connectivity index (χ0n) is 15.8. The van der Waals surface area contributed by atoms with Crippen molar-refractivity contribution in [2.75, 3.05) is 6.61 Å². The fraction of sp³-hybridized carbons (Fsp3) is 0.909. The first-order chi connectivity index (χ1) is 11.9. The summed E-state index contributed by atoms with van der Waals surface area (Å²) in [7, 11) is 0. The Morgan fingerprint density at radius 1 is 1.12 bits per heavy atom. The summed E-state index contributed by atoms with van der Waals surface area (Å²) in [6.45, 7) is 5.18. The molecule has 0 aromatic heterocycles. The van der Waals surface area contributed by atoms with Crippen LogP contribution in [0.3, 0.4) is 0 Å². The molecule has 4 unspecified atom stereocenters. The fourth-order valence-corrected chi connectivity index (χ4v) is 8.04. The van der Waals surface area contributed by atoms with Gasteiger partial charge in [0, 0.05) is 6.42 Å². The molecule has 1 heterocycles. The largest absolute Gasteiger partial charge is 0.394 e. The first-order valence-electron chi connectivity index (χ1n) is 10.6. The minimum atomic E-state index is -0.113. The molecule has 2 N–H and O–H groups in total. The quantitative estimate of drug-likeness (QED) is 0.710. The van der Waals surface area contributed by atoms with E-state index in [-0.39, 0.29) is 24.4 Å². The topological polar surface area (TPSA) is 49.7 Å². The minimum Gasteiger partial charge on any atom is -0.394 e. The van der Waals surface area contributed by atoms with Gasteiger partial charge in [-0.1, -0.05) is 25.5 Å². The summed E-state index contributed by atoms with van der Waals surface area (Å²) in [5.41, 5.74) is 2.25. The van der Waals surface area contributed by atoms with Gasteiger partial charge in [0.1, 0.15) is 0 Å². The fourth-order valence-electron chi connectivity index (χ4n) is 8.04. The van der Waals surface area contributed by atoms with Crippen molar-refractivity contribution in [1.29, 1.82) is 0 Å². The van der Waals surface area contributed by atoms with E-state index in [0.717, 1.165) is 37.0 Å². The Hall–Kier alpha value is -0.380. The van der Waals surface area contributed by atoms with Crippen molar-refractivity contribution in [3.05, 3.63) is 11.6 Å². The molecule has 5 rings (SSSR count). The molecule has 3 heteroatoms. The number of ether oxygens (including phenoxy) is 1. The van der Waals surface area contributed by atoms with Gasteiger partial charge in [-0.3, -0.25) is 0 Å². The number of aliphatic hydroxyl groups is 2. The Balaban J connectivity index is 1.44. The predicted octanol–water partition coefficient (Wildman–Crippen LogP) is 3.83. The van der Waals surface area contributed by atoms with Crippen LogP contribution in [0.2, 0.25) is 0 Å². The van der Waals surface area contributed by atoms with Gasteiger partial charge in [0.25, 0.3) is 0 Å². The van der Waals surface area contributed by atoms with Crippen LogP contribution in [0.1, 0.15) is 71.6 Å². The van der Waals surface area contributed by atoms with Gasteiger partial charge in [-0.25, -0.2) is 0 Å². The second kappa shape index (κ2) is 5.33. The van der Waals surface area contributed by atoms with E-state index in [1.807, 2.05) is 0 Å². The van der Waals surface area contributed by atoms with Crippen LogP contribution >= 0.6 is 0 Å². The van der Waals surface area contributed by atoms with Gasteiger partial charge in [0.15, 0.2) is 0 Å². The normalized spacial score (nSPS) is 57.3. The highest BCUT2D eigenvalue weighted by molar-refractivity contribution is 5.27. The Kier molecular flexibility index (Phi) is 3.57. The highest BCUT2D eigenvalue weighted by atomic mass is 16.5. The summed E-state index contributed by atoms with van der Waals surface area (Å²) in [6, 6.07) is 0. The van der Waals surface area contributed by atoms with Crippen molar-refractivity contribution in [1.82, 2.24) is 0 Å². The molecule has 0 radical (unpaired) electrons. The first-order valence-corrected chi connectivity index (χ1v) is 10.6. The lowest BCUT2D eigenvalue weighted by molar-refractivity contribution is -0.274. The molecule has 1 saturated heterocycles. The highest BCUT2D eigenvalue weighted by Gasteiger charge is 2.68. The molecular weight excluding hydrogens is 312 g/mol. The second-order valence-corrected chi connectivity index (χ2v) is 10.3. The Morgan fingerprint density at radius 2 is 1.88 bits per heavy atom. The van der Waals surface area contributed by atoms with Crippen LogP contribution in [0.25, 0.3) is 0 Å². The molecule has 8 atom stereocenters. The number of rotatable bonds is 1. The molecule has 0 aromatic rings. The molecular formula is C22H34O3. The molecule has 4 aliphatic carbocycles. The van der Waals surface area contributed by atoms with Gasteiger partial charge in [-0.2, -0.15) is 0 Å². The molecule has 4 fully saturated rings. The molecule has 140 valence electrons. The summed E-state index contributed by atoms with van der Waals surface area (Å²) < 4.78 is 6.34. The van der Waals surface area contributed by atoms with Gasteiger partial charge in [0.2, 0.25) is 0 Å². The van der Waals surface area contributed by atoms with E-state index in [9.17, 15) is 10.2 Å². The van der Waals surface area contributed by atoms with Gasteiger partial charge in [-0.15, -0.1) is 0 Å². The van der Waals surface area contributed by atoms with Crippen molar-refractivity contribution < 1.29 is 14.9 Å². The van der Waals surface area contributed by atoms with Crippen LogP contribution in [0.5, 0.6) is 0 Å². The van der Waals surface area contributed by atoms with Crippen molar-refractivity contribution in [3.63, 3.8) is 0 Å². The van der Waals surface area contributed by atoms with E-state index >= 15 is 0 Å². The van der Waals surface area contributed by atoms with Crippen LogP contribution < -0.4 is 0 Å². The number of allylic oxidation sites excluding steroid dienone is 1. The molecule has 25 heavy (non-hydrogen) atoms. The lowest BCUT2D eigenvalue weighted by Gasteiger charge is -2.62. The maximum atomic E-state index is 10.1. The lowest BCUT2D eigenvalue weighted by Crippen LogP contribution is -2.62. The average molecular weight is 347 g/mol. The molecule has 3 saturated carbocycles. The van der Waals surface area contributed by atoms with Crippen molar-refractivity contribution in [3.8, 4) is 0 Å². The lowest BCUT2D eigenvalue weighted by atomic mass is 9.46. The van der Waals surface area contributed by atoms with Crippen LogP contribution in [-0.4, -0.2) is 34.6 Å². The molecule has 5 aliphatic rings. The summed E-state index contributed by atoms with van der Waals surface area (Å²) in [4.78, 5) is 0. The third-order valence-corrected chi connectivity index (χ3v) is 9.52. The standard InChI is InChI=1S/C22H34O3/c1-20-8-5-15(24)11-14(20)3-4-17-18(20)6-9-21(2)19(17)7-10-22(21)12-16(13-23)25-22/h3,15-19,23-24H,4-13H2,1-2H3/t15-,16?,17?,18?,19?,20-,21-,22+/m0/s1. The minimum absolute atomic E-state index is 0.0592. The summed E-state index contributed by atoms with van der Waals surface area (Å²) in [5, 5.41) is 19.6. The zero-order valence-corrected chi connectivity index (χ0v) is 15.8. The van der Waals surface area contributed by atoms with Gasteiger partial charge in [-0.05, 0) is 80.0 Å². The monoisotopic (exact) mass is 346 g/mol. The molecule has 1 aliphatic heterocycles. The zero-order chi connectivity index (χ0) is 17.4. The maximum Gasteiger partial charge on any atom is 0.0841 e. The van der Waals surface area contributed by atoms with Gasteiger partial charge in [0.05, 0.1) is 24.4 Å². The van der Waals surface area contributed by atoms with E-state index in [4.69, 9.17) is 4.74 Å². The van der Waals surface area contributed by atoms with E-state index in [0.29, 0.717) is 10.8 Å². The molecule has 0 amide bonds. The SMILES string of the molecule is C[C@]12CC[C@H](O)CC1=CCC1C2CC[C@@]2(C)C1CC[C@@]21CC(CO)O1. The van der Waals surface area contributed by atoms with Crippen LogP contribution in [0.4, 0.5) is 0 Å². The summed E-state index contributed by atoms with van der Waals surface area (Å²) >= 11 is 0. The van der Waals surface area contributed by atoms with Gasteiger partial charge >= 0.3 is 0 Å². The van der Waals surface area contributed by atoms with Crippen molar-refractivity contribution in [2.45, 2.75) is 89.4 Å². The molecule has 0 aromatic carbocycles. The summed E-state index contributed by atoms with van der Waals surface area (Å²) in [6.07, 6.45) is 12.9. The first kappa shape index (κ1) is 16.8. The number of aliphatic hydroxyl groups excluding tert-OH is 2. The number of hydrogen-bond donors (Lipinski definition) is 2. The van der Waals surface area contributed by atoms with Crippen LogP contribution in [-0.2, 0) is 4.74 Å². The third kappa shape index (κ3) is 2.04. The Labute approximate surface area is 151 Å². The average Bonchev–Trinajstić information content (AvgIpc) is 2.87. The molecule has 0 bridgehead atoms. The number of hydrogen-bond acceptors (Lipinski definition) is 3. The second-order valence-electron chi connectivity index (χ2n) is 10.3. The molecule has 1 spiro atoms. The molecule has 3 nitrogen and oxygen atoms in total. The smallest absolute Gasteiger partial charge is 0.0841 e. The summed E-state index contributed by atoms with van der Waals surface area (Å²) in [5.74, 6) is 2.35. The predicted molar refractivity (Wildman–Crippen MR) is 97.0 cm³/mol. The van der Waals surface area contributed by atoms with Crippen LogP contribution in [0, 0.1) is 28.6 Å². The Bertz CT molecular complexity index is 592. The number of fused-ring (bicyclic) bond motifs is 6.